The molecule has 1 unspecified atom stereocenters. The van der Waals surface area contributed by atoms with Gasteiger partial charge >= 0.3 is 5.97 Å². The molecular weight excluding hydrogens is 248 g/mol. The Labute approximate surface area is 125 Å². The van der Waals surface area contributed by atoms with Crippen molar-refractivity contribution in [2.24, 2.45) is 5.92 Å². The first-order valence-electron chi connectivity index (χ1n) is 8.49. The minimum atomic E-state index is -0.822. The van der Waals surface area contributed by atoms with E-state index < -0.39 is 5.97 Å². The van der Waals surface area contributed by atoms with Crippen molar-refractivity contribution < 1.29 is 9.90 Å². The van der Waals surface area contributed by atoms with Crippen LogP contribution in [-0.4, -0.2) is 11.1 Å². The van der Waals surface area contributed by atoms with Gasteiger partial charge in [0.05, 0.1) is 0 Å². The summed E-state index contributed by atoms with van der Waals surface area (Å²) in [5.74, 6) is -0.419. The van der Waals surface area contributed by atoms with Crippen molar-refractivity contribution in [2.45, 2.75) is 91.4 Å². The maximum atomic E-state index is 10.6. The summed E-state index contributed by atoms with van der Waals surface area (Å²) >= 11 is 0. The van der Waals surface area contributed by atoms with Crippen LogP contribution >= 0.6 is 0 Å². The number of unbranched alkanes of at least 4 members (excludes halogenated alkanes) is 9. The quantitative estimate of drug-likeness (QED) is 0.334. The van der Waals surface area contributed by atoms with Gasteiger partial charge in [-0.2, -0.15) is 0 Å². The molecule has 0 spiro atoms. The molecule has 118 valence electrons. The van der Waals surface area contributed by atoms with Gasteiger partial charge in [-0.05, 0) is 19.3 Å². The maximum Gasteiger partial charge on any atom is 0.328 e. The van der Waals surface area contributed by atoms with E-state index in [0.29, 0.717) is 5.92 Å². The molecule has 0 aromatic heterocycles. The summed E-state index contributed by atoms with van der Waals surface area (Å²) < 4.78 is 0. The molecule has 1 N–H and O–H groups in total. The molecule has 0 rings (SSSR count). The van der Waals surface area contributed by atoms with Gasteiger partial charge in [-0.25, -0.2) is 4.79 Å². The predicted molar refractivity (Wildman–Crippen MR) is 87.0 cm³/mol. The highest BCUT2D eigenvalue weighted by Gasteiger charge is 2.05. The van der Waals surface area contributed by atoms with Crippen molar-refractivity contribution in [3.05, 3.63) is 11.6 Å². The van der Waals surface area contributed by atoms with Gasteiger partial charge in [-0.15, -0.1) is 0 Å². The zero-order valence-corrected chi connectivity index (χ0v) is 13.8. The van der Waals surface area contributed by atoms with Crippen molar-refractivity contribution in [3.63, 3.8) is 0 Å². The summed E-state index contributed by atoms with van der Waals surface area (Å²) in [6.45, 7) is 6.31. The molecule has 0 aromatic carbocycles. The molecule has 0 aliphatic rings. The van der Waals surface area contributed by atoms with Crippen LogP contribution in [0.1, 0.15) is 91.4 Å². The Morgan fingerprint density at radius 3 is 1.85 bits per heavy atom. The van der Waals surface area contributed by atoms with E-state index in [1.54, 1.807) is 0 Å². The van der Waals surface area contributed by atoms with Crippen LogP contribution in [0.5, 0.6) is 0 Å². The average Bonchev–Trinajstić information content (AvgIpc) is 2.39. The zero-order chi connectivity index (χ0) is 15.2. The summed E-state index contributed by atoms with van der Waals surface area (Å²) in [5.41, 5.74) is 0.994. The van der Waals surface area contributed by atoms with Gasteiger partial charge in [0.15, 0.2) is 0 Å². The maximum absolute atomic E-state index is 10.6. The number of aliphatic carboxylic acids is 1. The van der Waals surface area contributed by atoms with Crippen molar-refractivity contribution in [2.75, 3.05) is 0 Å². The SMILES string of the molecule is CCCCCCCCCCCCC(C)/C(C)=C/C(=O)O. The molecule has 0 heterocycles. The van der Waals surface area contributed by atoms with E-state index >= 15 is 0 Å². The van der Waals surface area contributed by atoms with Crippen LogP contribution in [0.3, 0.4) is 0 Å². The van der Waals surface area contributed by atoms with Crippen LogP contribution in [0.2, 0.25) is 0 Å². The topological polar surface area (TPSA) is 37.3 Å². The van der Waals surface area contributed by atoms with Crippen LogP contribution in [-0.2, 0) is 4.79 Å². The number of carbonyl (C=O) groups is 1. The van der Waals surface area contributed by atoms with Gasteiger partial charge in [-0.3, -0.25) is 0 Å². The molecule has 0 amide bonds. The number of rotatable bonds is 13. The Morgan fingerprint density at radius 1 is 0.950 bits per heavy atom. The molecule has 1 atom stereocenters. The lowest BCUT2D eigenvalue weighted by molar-refractivity contribution is -0.131. The van der Waals surface area contributed by atoms with E-state index in [1.165, 1.54) is 70.3 Å². The standard InChI is InChI=1S/C18H34O2/c1-4-5-6-7-8-9-10-11-12-13-14-16(2)17(3)15-18(19)20/h15-16H,4-14H2,1-3H3,(H,19,20)/b17-15+. The molecule has 2 nitrogen and oxygen atoms in total. The van der Waals surface area contributed by atoms with Crippen LogP contribution in [0.15, 0.2) is 11.6 Å². The van der Waals surface area contributed by atoms with Crippen molar-refractivity contribution in [3.8, 4) is 0 Å². The third-order valence-electron chi connectivity index (χ3n) is 4.12. The van der Waals surface area contributed by atoms with Gasteiger partial charge in [0, 0.05) is 6.08 Å². The first-order chi connectivity index (χ1) is 9.57. The second-order valence-electron chi connectivity index (χ2n) is 6.10. The first-order valence-corrected chi connectivity index (χ1v) is 8.49. The first kappa shape index (κ1) is 19.2. The summed E-state index contributed by atoms with van der Waals surface area (Å²) in [5, 5.41) is 8.70. The molecule has 2 heteroatoms. The van der Waals surface area contributed by atoms with E-state index in [1.807, 2.05) is 6.92 Å². The highest BCUT2D eigenvalue weighted by molar-refractivity contribution is 5.80. The van der Waals surface area contributed by atoms with E-state index in [9.17, 15) is 4.79 Å². The molecule has 0 aliphatic carbocycles. The van der Waals surface area contributed by atoms with Gasteiger partial charge in [0.1, 0.15) is 0 Å². The van der Waals surface area contributed by atoms with Crippen LogP contribution in [0, 0.1) is 5.92 Å². The smallest absolute Gasteiger partial charge is 0.328 e. The van der Waals surface area contributed by atoms with Crippen LogP contribution < -0.4 is 0 Å². The molecular formula is C18H34O2. The monoisotopic (exact) mass is 282 g/mol. The fourth-order valence-electron chi connectivity index (χ4n) is 2.50. The zero-order valence-electron chi connectivity index (χ0n) is 13.8. The molecule has 0 fully saturated rings. The number of carboxylic acids is 1. The lowest BCUT2D eigenvalue weighted by Crippen LogP contribution is -2.00. The molecule has 0 saturated carbocycles. The van der Waals surface area contributed by atoms with Gasteiger partial charge < -0.3 is 5.11 Å². The normalized spacial score (nSPS) is 13.4. The minimum absolute atomic E-state index is 0.403. The van der Waals surface area contributed by atoms with E-state index in [2.05, 4.69) is 13.8 Å². The van der Waals surface area contributed by atoms with Crippen molar-refractivity contribution in [1.29, 1.82) is 0 Å². The number of hydrogen-bond donors (Lipinski definition) is 1. The minimum Gasteiger partial charge on any atom is -0.478 e. The highest BCUT2D eigenvalue weighted by Crippen LogP contribution is 2.18. The predicted octanol–water partition coefficient (Wildman–Crippen LogP) is 5.96. The number of allylic oxidation sites excluding steroid dienone is 1. The second-order valence-corrected chi connectivity index (χ2v) is 6.10. The number of carboxylic acid groups (broad SMARTS) is 1. The Bertz CT molecular complexity index is 269. The Kier molecular flexibility index (Phi) is 12.7. The summed E-state index contributed by atoms with van der Waals surface area (Å²) in [7, 11) is 0. The molecule has 0 bridgehead atoms. The largest absolute Gasteiger partial charge is 0.478 e. The molecule has 0 aromatic rings. The fraction of sp³-hybridized carbons (Fsp3) is 0.833. The molecule has 0 radical (unpaired) electrons. The average molecular weight is 282 g/mol. The van der Waals surface area contributed by atoms with Crippen LogP contribution in [0.4, 0.5) is 0 Å². The number of hydrogen-bond acceptors (Lipinski definition) is 1. The van der Waals surface area contributed by atoms with Gasteiger partial charge in [0.25, 0.3) is 0 Å². The third kappa shape index (κ3) is 12.3. The molecule has 0 saturated heterocycles. The van der Waals surface area contributed by atoms with Crippen LogP contribution in [0.25, 0.3) is 0 Å². The summed E-state index contributed by atoms with van der Waals surface area (Å²) in [6, 6.07) is 0. The Balaban J connectivity index is 3.37. The lowest BCUT2D eigenvalue weighted by Gasteiger charge is -2.11. The third-order valence-corrected chi connectivity index (χ3v) is 4.12. The Hall–Kier alpha value is -0.790. The fourth-order valence-corrected chi connectivity index (χ4v) is 2.50. The van der Waals surface area contributed by atoms with E-state index in [-0.39, 0.29) is 0 Å². The summed E-state index contributed by atoms with van der Waals surface area (Å²) in [4.78, 5) is 10.6. The second kappa shape index (κ2) is 13.2. The lowest BCUT2D eigenvalue weighted by atomic mass is 9.95. The van der Waals surface area contributed by atoms with Gasteiger partial charge in [-0.1, -0.05) is 83.6 Å². The molecule has 0 aliphatic heterocycles. The highest BCUT2D eigenvalue weighted by atomic mass is 16.4. The molecule has 20 heavy (non-hydrogen) atoms. The summed E-state index contributed by atoms with van der Waals surface area (Å²) in [6.07, 6.45) is 16.0. The van der Waals surface area contributed by atoms with E-state index in [0.717, 1.165) is 12.0 Å². The Morgan fingerprint density at radius 2 is 1.40 bits per heavy atom. The van der Waals surface area contributed by atoms with E-state index in [4.69, 9.17) is 5.11 Å². The van der Waals surface area contributed by atoms with Crippen molar-refractivity contribution >= 4 is 5.97 Å². The van der Waals surface area contributed by atoms with Crippen molar-refractivity contribution in [1.82, 2.24) is 0 Å². The van der Waals surface area contributed by atoms with Gasteiger partial charge in [0.2, 0.25) is 0 Å².